The molecular formula is C21H22ClN3O3S. The van der Waals surface area contributed by atoms with Crippen molar-refractivity contribution in [3.8, 4) is 0 Å². The first-order valence-electron chi connectivity index (χ1n) is 9.14. The van der Waals surface area contributed by atoms with Gasteiger partial charge in [0.2, 0.25) is 11.8 Å². The summed E-state index contributed by atoms with van der Waals surface area (Å²) < 4.78 is 5.12. The molecule has 0 saturated carbocycles. The largest absolute Gasteiger partial charge is 0.383 e. The van der Waals surface area contributed by atoms with E-state index in [2.05, 4.69) is 10.3 Å². The van der Waals surface area contributed by atoms with Gasteiger partial charge in [-0.1, -0.05) is 47.1 Å². The lowest BCUT2D eigenvalue weighted by atomic mass is 10.2. The number of benzene rings is 2. The van der Waals surface area contributed by atoms with Crippen LogP contribution in [0.15, 0.2) is 53.5 Å². The van der Waals surface area contributed by atoms with Gasteiger partial charge in [-0.25, -0.2) is 4.99 Å². The number of rotatable bonds is 7. The Kier molecular flexibility index (Phi) is 7.30. The summed E-state index contributed by atoms with van der Waals surface area (Å²) in [5, 5.41) is 3.37. The molecule has 0 aliphatic carbocycles. The maximum absolute atomic E-state index is 12.9. The van der Waals surface area contributed by atoms with Crippen molar-refractivity contribution in [2.24, 2.45) is 4.99 Å². The maximum atomic E-state index is 12.9. The van der Waals surface area contributed by atoms with E-state index in [4.69, 9.17) is 16.3 Å². The third-order valence-electron chi connectivity index (χ3n) is 4.28. The van der Waals surface area contributed by atoms with Crippen LogP contribution in [-0.2, 0) is 14.3 Å². The predicted molar refractivity (Wildman–Crippen MR) is 118 cm³/mol. The Balaban J connectivity index is 1.73. The van der Waals surface area contributed by atoms with E-state index < -0.39 is 5.25 Å². The average Bonchev–Trinajstić information content (AvgIpc) is 2.96. The quantitative estimate of drug-likeness (QED) is 0.711. The Morgan fingerprint density at radius 1 is 1.28 bits per heavy atom. The number of nitrogens with one attached hydrogen (secondary N) is 1. The summed E-state index contributed by atoms with van der Waals surface area (Å²) in [5.74, 6) is -0.388. The zero-order chi connectivity index (χ0) is 20.8. The van der Waals surface area contributed by atoms with Gasteiger partial charge in [-0.15, -0.1) is 0 Å². The SMILES string of the molecule is COCCN1C(=O)C(CC(=O)Nc2cccc(Cl)c2)SC1=Nc1ccc(C)cc1. The first kappa shape index (κ1) is 21.4. The van der Waals surface area contributed by atoms with Crippen LogP contribution >= 0.6 is 23.4 Å². The van der Waals surface area contributed by atoms with Gasteiger partial charge in [-0.05, 0) is 37.3 Å². The minimum Gasteiger partial charge on any atom is -0.383 e. The predicted octanol–water partition coefficient (Wildman–Crippen LogP) is 4.26. The van der Waals surface area contributed by atoms with E-state index in [1.54, 1.807) is 36.3 Å². The molecule has 1 atom stereocenters. The maximum Gasteiger partial charge on any atom is 0.242 e. The topological polar surface area (TPSA) is 71.0 Å². The van der Waals surface area contributed by atoms with E-state index in [0.717, 1.165) is 11.3 Å². The van der Waals surface area contributed by atoms with Gasteiger partial charge in [0, 0.05) is 24.2 Å². The summed E-state index contributed by atoms with van der Waals surface area (Å²) in [7, 11) is 1.58. The van der Waals surface area contributed by atoms with Crippen molar-refractivity contribution >= 4 is 51.7 Å². The molecule has 1 unspecified atom stereocenters. The van der Waals surface area contributed by atoms with E-state index in [-0.39, 0.29) is 18.2 Å². The van der Waals surface area contributed by atoms with E-state index in [9.17, 15) is 9.59 Å². The first-order chi connectivity index (χ1) is 14.0. The van der Waals surface area contributed by atoms with Gasteiger partial charge in [0.05, 0.1) is 18.8 Å². The summed E-state index contributed by atoms with van der Waals surface area (Å²) >= 11 is 7.25. The van der Waals surface area contributed by atoms with Gasteiger partial charge in [0.1, 0.15) is 5.25 Å². The van der Waals surface area contributed by atoms with Crippen molar-refractivity contribution in [1.82, 2.24) is 4.90 Å². The number of amides is 2. The number of aliphatic imine (C=N–C) groups is 1. The first-order valence-corrected chi connectivity index (χ1v) is 10.4. The number of thioether (sulfide) groups is 1. The van der Waals surface area contributed by atoms with Crippen LogP contribution in [0.3, 0.4) is 0 Å². The Labute approximate surface area is 179 Å². The van der Waals surface area contributed by atoms with E-state index >= 15 is 0 Å². The number of methoxy groups -OCH3 is 1. The van der Waals surface area contributed by atoms with E-state index in [0.29, 0.717) is 29.0 Å². The van der Waals surface area contributed by atoms with Crippen LogP contribution in [0.25, 0.3) is 0 Å². The van der Waals surface area contributed by atoms with Crippen molar-refractivity contribution in [3.05, 3.63) is 59.1 Å². The van der Waals surface area contributed by atoms with Crippen molar-refractivity contribution in [2.45, 2.75) is 18.6 Å². The number of ether oxygens (including phenoxy) is 1. The number of nitrogens with zero attached hydrogens (tertiary/aromatic N) is 2. The molecule has 1 heterocycles. The third-order valence-corrected chi connectivity index (χ3v) is 5.69. The molecule has 2 aromatic carbocycles. The number of carbonyl (C=O) groups is 2. The fraction of sp³-hybridized carbons (Fsp3) is 0.286. The van der Waals surface area contributed by atoms with E-state index in [1.807, 2.05) is 31.2 Å². The highest BCUT2D eigenvalue weighted by Crippen LogP contribution is 2.32. The Hall–Kier alpha value is -2.35. The summed E-state index contributed by atoms with van der Waals surface area (Å²) in [5.41, 5.74) is 2.50. The molecular weight excluding hydrogens is 410 g/mol. The fourth-order valence-corrected chi connectivity index (χ4v) is 4.16. The highest BCUT2D eigenvalue weighted by Gasteiger charge is 2.39. The Morgan fingerprint density at radius 3 is 2.72 bits per heavy atom. The lowest BCUT2D eigenvalue weighted by Gasteiger charge is -2.15. The van der Waals surface area contributed by atoms with Crippen molar-refractivity contribution in [3.63, 3.8) is 0 Å². The standard InChI is InChI=1S/C21H22ClN3O3S/c1-14-6-8-16(9-7-14)24-21-25(10-11-28-2)20(27)18(29-21)13-19(26)23-17-5-3-4-15(22)12-17/h3-9,12,18H,10-11,13H2,1-2H3,(H,23,26). The minimum absolute atomic E-state index is 0.0480. The van der Waals surface area contributed by atoms with Crippen LogP contribution in [0.4, 0.5) is 11.4 Å². The molecule has 0 radical (unpaired) electrons. The van der Waals surface area contributed by atoms with Gasteiger partial charge in [-0.2, -0.15) is 0 Å². The van der Waals surface area contributed by atoms with Gasteiger partial charge in [0.15, 0.2) is 5.17 Å². The van der Waals surface area contributed by atoms with Crippen molar-refractivity contribution in [2.75, 3.05) is 25.6 Å². The van der Waals surface area contributed by atoms with Crippen LogP contribution in [0, 0.1) is 6.92 Å². The van der Waals surface area contributed by atoms with Crippen molar-refractivity contribution in [1.29, 1.82) is 0 Å². The molecule has 6 nitrogen and oxygen atoms in total. The molecule has 152 valence electrons. The van der Waals surface area contributed by atoms with Crippen LogP contribution < -0.4 is 5.32 Å². The van der Waals surface area contributed by atoms with Crippen LogP contribution in [-0.4, -0.2) is 47.4 Å². The Bertz CT molecular complexity index is 918. The van der Waals surface area contributed by atoms with Gasteiger partial charge < -0.3 is 10.1 Å². The summed E-state index contributed by atoms with van der Waals surface area (Å²) in [6.07, 6.45) is 0.0480. The zero-order valence-electron chi connectivity index (χ0n) is 16.2. The molecule has 0 bridgehead atoms. The lowest BCUT2D eigenvalue weighted by Crippen LogP contribution is -2.35. The highest BCUT2D eigenvalue weighted by atomic mass is 35.5. The van der Waals surface area contributed by atoms with Gasteiger partial charge in [0.25, 0.3) is 0 Å². The normalized spacial score (nSPS) is 17.8. The second kappa shape index (κ2) is 9.91. The molecule has 2 amide bonds. The minimum atomic E-state index is -0.532. The molecule has 1 N–H and O–H groups in total. The third kappa shape index (κ3) is 5.82. The fourth-order valence-electron chi connectivity index (χ4n) is 2.79. The second-order valence-corrected chi connectivity index (χ2v) is 8.19. The molecule has 1 aliphatic rings. The summed E-state index contributed by atoms with van der Waals surface area (Å²) in [6.45, 7) is 2.78. The average molecular weight is 432 g/mol. The molecule has 29 heavy (non-hydrogen) atoms. The second-order valence-electron chi connectivity index (χ2n) is 6.58. The highest BCUT2D eigenvalue weighted by molar-refractivity contribution is 8.15. The monoisotopic (exact) mass is 431 g/mol. The van der Waals surface area contributed by atoms with Crippen LogP contribution in [0.1, 0.15) is 12.0 Å². The number of amidine groups is 1. The molecule has 0 spiro atoms. The smallest absolute Gasteiger partial charge is 0.242 e. The number of aryl methyl sites for hydroxylation is 1. The number of hydrogen-bond acceptors (Lipinski definition) is 5. The number of anilines is 1. The molecule has 8 heteroatoms. The van der Waals surface area contributed by atoms with Gasteiger partial charge >= 0.3 is 0 Å². The molecule has 1 saturated heterocycles. The zero-order valence-corrected chi connectivity index (χ0v) is 17.8. The number of halogens is 1. The molecule has 3 rings (SSSR count). The summed E-state index contributed by atoms with van der Waals surface area (Å²) in [4.78, 5) is 31.5. The number of carbonyl (C=O) groups excluding carboxylic acids is 2. The summed E-state index contributed by atoms with van der Waals surface area (Å²) in [6, 6.07) is 14.6. The molecule has 1 fully saturated rings. The Morgan fingerprint density at radius 2 is 2.03 bits per heavy atom. The molecule has 2 aromatic rings. The van der Waals surface area contributed by atoms with E-state index in [1.165, 1.54) is 11.8 Å². The van der Waals surface area contributed by atoms with Gasteiger partial charge in [-0.3, -0.25) is 14.5 Å². The number of hydrogen-bond donors (Lipinski definition) is 1. The molecule has 1 aliphatic heterocycles. The van der Waals surface area contributed by atoms with Crippen molar-refractivity contribution < 1.29 is 14.3 Å². The van der Waals surface area contributed by atoms with Crippen LogP contribution in [0.2, 0.25) is 5.02 Å². The molecule has 0 aromatic heterocycles. The lowest BCUT2D eigenvalue weighted by molar-refractivity contribution is -0.128. The van der Waals surface area contributed by atoms with Crippen LogP contribution in [0.5, 0.6) is 0 Å².